The summed E-state index contributed by atoms with van der Waals surface area (Å²) in [6.07, 6.45) is 1.58. The zero-order valence-corrected chi connectivity index (χ0v) is 12.5. The quantitative estimate of drug-likeness (QED) is 0.788. The van der Waals surface area contributed by atoms with Crippen LogP contribution in [-0.2, 0) is 0 Å². The van der Waals surface area contributed by atoms with Gasteiger partial charge in [0.25, 0.3) is 5.91 Å². The molecule has 3 aromatic rings. The van der Waals surface area contributed by atoms with Gasteiger partial charge in [0, 0.05) is 16.8 Å². The van der Waals surface area contributed by atoms with Crippen LogP contribution in [-0.4, -0.2) is 20.5 Å². The summed E-state index contributed by atoms with van der Waals surface area (Å²) in [7, 11) is 0. The number of nitrogens with zero attached hydrogens (tertiary/aromatic N) is 3. The summed E-state index contributed by atoms with van der Waals surface area (Å²) >= 11 is 12.3. The smallest absolute Gasteiger partial charge is 0.254 e. The average molecular weight is 321 g/mol. The number of rotatable bonds is 2. The number of nitrogens with two attached hydrogens (primary N) is 1. The van der Waals surface area contributed by atoms with Crippen molar-refractivity contribution in [1.29, 1.82) is 0 Å². The van der Waals surface area contributed by atoms with Gasteiger partial charge in [-0.15, -0.1) is 0 Å². The molecule has 0 radical (unpaired) electrons. The number of amides is 1. The van der Waals surface area contributed by atoms with E-state index in [1.807, 2.05) is 0 Å². The Morgan fingerprint density at radius 2 is 2.05 bits per heavy atom. The lowest BCUT2D eigenvalue weighted by Crippen LogP contribution is -2.12. The van der Waals surface area contributed by atoms with Gasteiger partial charge in [-0.05, 0) is 31.2 Å². The van der Waals surface area contributed by atoms with Crippen LogP contribution in [0.2, 0.25) is 10.0 Å². The van der Waals surface area contributed by atoms with Crippen LogP contribution >= 0.6 is 23.2 Å². The molecule has 3 rings (SSSR count). The summed E-state index contributed by atoms with van der Waals surface area (Å²) in [6.45, 7) is 1.71. The van der Waals surface area contributed by atoms with Gasteiger partial charge in [-0.1, -0.05) is 23.2 Å². The number of carbonyl (C=O) groups is 1. The molecule has 0 atom stereocenters. The molecule has 0 saturated heterocycles. The Hall–Kier alpha value is -2.11. The van der Waals surface area contributed by atoms with Crippen LogP contribution in [0.15, 0.2) is 30.5 Å². The Balaban J connectivity index is 2.37. The van der Waals surface area contributed by atoms with Crippen LogP contribution in [0.1, 0.15) is 16.1 Å². The standard InChI is InChI=1S/C14H10Cl2N4O/c1-7-12(13(17)21)14-18-5-4-11(20(14)19-7)9-6-8(15)2-3-10(9)16/h2-6H,1H3,(H2,17,21). The third-order valence-electron chi connectivity index (χ3n) is 3.14. The second-order valence-electron chi connectivity index (χ2n) is 4.51. The van der Waals surface area contributed by atoms with Crippen molar-refractivity contribution in [2.75, 3.05) is 0 Å². The second-order valence-corrected chi connectivity index (χ2v) is 5.36. The highest BCUT2D eigenvalue weighted by atomic mass is 35.5. The zero-order valence-electron chi connectivity index (χ0n) is 11.0. The van der Waals surface area contributed by atoms with E-state index < -0.39 is 5.91 Å². The first-order valence-corrected chi connectivity index (χ1v) is 6.84. The Kier molecular flexibility index (Phi) is 3.31. The van der Waals surface area contributed by atoms with Gasteiger partial charge in [0.2, 0.25) is 0 Å². The zero-order chi connectivity index (χ0) is 15.1. The molecule has 2 aromatic heterocycles. The molecule has 2 N–H and O–H groups in total. The van der Waals surface area contributed by atoms with Gasteiger partial charge >= 0.3 is 0 Å². The Morgan fingerprint density at radius 3 is 2.76 bits per heavy atom. The maximum Gasteiger partial charge on any atom is 0.254 e. The molecule has 0 aliphatic heterocycles. The third kappa shape index (κ3) is 2.24. The molecule has 2 heterocycles. The van der Waals surface area contributed by atoms with Gasteiger partial charge in [0.15, 0.2) is 5.65 Å². The second kappa shape index (κ2) is 5.02. The molecule has 1 amide bonds. The summed E-state index contributed by atoms with van der Waals surface area (Å²) in [6, 6.07) is 6.90. The average Bonchev–Trinajstić information content (AvgIpc) is 2.77. The molecule has 0 aliphatic carbocycles. The minimum Gasteiger partial charge on any atom is -0.365 e. The van der Waals surface area contributed by atoms with E-state index in [2.05, 4.69) is 10.1 Å². The van der Waals surface area contributed by atoms with Crippen LogP contribution in [0.3, 0.4) is 0 Å². The lowest BCUT2D eigenvalue weighted by atomic mass is 10.1. The number of fused-ring (bicyclic) bond motifs is 1. The SMILES string of the molecule is Cc1nn2c(-c3cc(Cl)ccc3Cl)ccnc2c1C(N)=O. The molecule has 0 bridgehead atoms. The molecule has 7 heteroatoms. The molecule has 0 saturated carbocycles. The topological polar surface area (TPSA) is 73.3 Å². The highest BCUT2D eigenvalue weighted by molar-refractivity contribution is 6.35. The van der Waals surface area contributed by atoms with E-state index in [1.54, 1.807) is 41.9 Å². The van der Waals surface area contributed by atoms with Crippen LogP contribution in [0.5, 0.6) is 0 Å². The molecule has 0 unspecified atom stereocenters. The van der Waals surface area contributed by atoms with Crippen molar-refractivity contribution in [3.8, 4) is 11.3 Å². The van der Waals surface area contributed by atoms with E-state index in [0.717, 1.165) is 0 Å². The number of halogens is 2. The molecule has 0 spiro atoms. The maximum atomic E-state index is 11.5. The van der Waals surface area contributed by atoms with Crippen LogP contribution in [0.25, 0.3) is 16.9 Å². The molecule has 0 fully saturated rings. The van der Waals surface area contributed by atoms with Crippen LogP contribution in [0, 0.1) is 6.92 Å². The van der Waals surface area contributed by atoms with Crippen molar-refractivity contribution in [2.24, 2.45) is 5.73 Å². The molecule has 1 aromatic carbocycles. The van der Waals surface area contributed by atoms with Gasteiger partial charge in [0.1, 0.15) is 5.56 Å². The number of hydrogen-bond acceptors (Lipinski definition) is 3. The summed E-state index contributed by atoms with van der Waals surface area (Å²) in [4.78, 5) is 15.7. The molecular weight excluding hydrogens is 311 g/mol. The van der Waals surface area contributed by atoms with Crippen molar-refractivity contribution in [3.05, 3.63) is 51.8 Å². The van der Waals surface area contributed by atoms with Gasteiger partial charge in [-0.3, -0.25) is 4.79 Å². The summed E-state index contributed by atoms with van der Waals surface area (Å²) < 4.78 is 1.55. The molecule has 0 aliphatic rings. The summed E-state index contributed by atoms with van der Waals surface area (Å²) in [5.41, 5.74) is 7.99. The molecule has 106 valence electrons. The van der Waals surface area contributed by atoms with E-state index in [0.29, 0.717) is 38.2 Å². The highest BCUT2D eigenvalue weighted by Crippen LogP contribution is 2.31. The van der Waals surface area contributed by atoms with E-state index >= 15 is 0 Å². The van der Waals surface area contributed by atoms with Crippen LogP contribution in [0.4, 0.5) is 0 Å². The van der Waals surface area contributed by atoms with E-state index in [9.17, 15) is 4.79 Å². The van der Waals surface area contributed by atoms with Crippen molar-refractivity contribution in [2.45, 2.75) is 6.92 Å². The minimum absolute atomic E-state index is 0.301. The predicted octanol–water partition coefficient (Wildman–Crippen LogP) is 3.11. The normalized spacial score (nSPS) is 11.0. The summed E-state index contributed by atoms with van der Waals surface area (Å²) in [5.74, 6) is -0.565. The van der Waals surface area contributed by atoms with Gasteiger partial charge < -0.3 is 5.73 Å². The number of carbonyl (C=O) groups excluding carboxylic acids is 1. The fourth-order valence-corrected chi connectivity index (χ4v) is 2.62. The van der Waals surface area contributed by atoms with E-state index in [4.69, 9.17) is 28.9 Å². The fraction of sp³-hybridized carbons (Fsp3) is 0.0714. The number of aryl methyl sites for hydroxylation is 1. The predicted molar refractivity (Wildman–Crippen MR) is 81.7 cm³/mol. The van der Waals surface area contributed by atoms with Crippen molar-refractivity contribution in [3.63, 3.8) is 0 Å². The van der Waals surface area contributed by atoms with Crippen molar-refractivity contribution in [1.82, 2.24) is 14.6 Å². The van der Waals surface area contributed by atoms with Gasteiger partial charge in [0.05, 0.1) is 16.4 Å². The molecule has 5 nitrogen and oxygen atoms in total. The van der Waals surface area contributed by atoms with Gasteiger partial charge in [-0.2, -0.15) is 5.10 Å². The maximum absolute atomic E-state index is 11.5. The molecular formula is C14H10Cl2N4O. The number of hydrogen-bond donors (Lipinski definition) is 1. The van der Waals surface area contributed by atoms with Crippen LogP contribution < -0.4 is 5.73 Å². The largest absolute Gasteiger partial charge is 0.365 e. The summed E-state index contributed by atoms with van der Waals surface area (Å²) in [5, 5.41) is 5.42. The Morgan fingerprint density at radius 1 is 1.29 bits per heavy atom. The first kappa shape index (κ1) is 13.9. The minimum atomic E-state index is -0.565. The van der Waals surface area contributed by atoms with Crippen molar-refractivity contribution >= 4 is 34.8 Å². The first-order chi connectivity index (χ1) is 9.99. The lowest BCUT2D eigenvalue weighted by molar-refractivity contribution is 0.100. The highest BCUT2D eigenvalue weighted by Gasteiger charge is 2.18. The lowest BCUT2D eigenvalue weighted by Gasteiger charge is -2.07. The number of benzene rings is 1. The van der Waals surface area contributed by atoms with E-state index in [1.165, 1.54) is 0 Å². The Labute approximate surface area is 130 Å². The third-order valence-corrected chi connectivity index (χ3v) is 3.71. The first-order valence-electron chi connectivity index (χ1n) is 6.08. The van der Waals surface area contributed by atoms with Crippen molar-refractivity contribution < 1.29 is 4.79 Å². The number of aromatic nitrogens is 3. The van der Waals surface area contributed by atoms with E-state index in [-0.39, 0.29) is 0 Å². The Bertz CT molecular complexity index is 873. The molecule has 21 heavy (non-hydrogen) atoms. The van der Waals surface area contributed by atoms with Gasteiger partial charge in [-0.25, -0.2) is 9.50 Å². The fourth-order valence-electron chi connectivity index (χ4n) is 2.24. The number of primary amides is 1. The monoisotopic (exact) mass is 320 g/mol.